The van der Waals surface area contributed by atoms with Crippen molar-refractivity contribution in [3.63, 3.8) is 0 Å². The van der Waals surface area contributed by atoms with Gasteiger partial charge in [-0.1, -0.05) is 23.4 Å². The third-order valence-electron chi connectivity index (χ3n) is 3.97. The quantitative estimate of drug-likeness (QED) is 0.466. The van der Waals surface area contributed by atoms with Gasteiger partial charge in [0.2, 0.25) is 5.82 Å². The molecule has 0 bridgehead atoms. The van der Waals surface area contributed by atoms with Crippen molar-refractivity contribution in [3.8, 4) is 22.2 Å². The highest BCUT2D eigenvalue weighted by Gasteiger charge is 2.13. The van der Waals surface area contributed by atoms with Crippen molar-refractivity contribution in [2.24, 2.45) is 0 Å². The molecule has 25 heavy (non-hydrogen) atoms. The molecule has 0 aliphatic carbocycles. The van der Waals surface area contributed by atoms with E-state index in [2.05, 4.69) is 50.2 Å². The van der Waals surface area contributed by atoms with Gasteiger partial charge in [-0.25, -0.2) is 0 Å². The lowest BCUT2D eigenvalue weighted by Gasteiger charge is -2.05. The van der Waals surface area contributed by atoms with Gasteiger partial charge in [-0.2, -0.15) is 10.1 Å². The molecule has 0 N–H and O–H groups in total. The Kier molecular flexibility index (Phi) is 4.27. The highest BCUT2D eigenvalue weighted by Crippen LogP contribution is 2.26. The van der Waals surface area contributed by atoms with E-state index in [-0.39, 0.29) is 0 Å². The van der Waals surface area contributed by atoms with E-state index < -0.39 is 0 Å². The molecule has 0 radical (unpaired) electrons. The molecule has 0 saturated carbocycles. The fourth-order valence-electron chi connectivity index (χ4n) is 2.65. The minimum absolute atomic E-state index is 0.528. The summed E-state index contributed by atoms with van der Waals surface area (Å²) in [6.07, 6.45) is 0. The lowest BCUT2D eigenvalue weighted by Crippen LogP contribution is -2.04. The fourth-order valence-corrected chi connectivity index (χ4v) is 3.58. The van der Waals surface area contributed by atoms with E-state index in [0.717, 1.165) is 31.9 Å². The highest BCUT2D eigenvalue weighted by molar-refractivity contribution is 9.10. The number of hydrogen-bond donors (Lipinski definition) is 0. The van der Waals surface area contributed by atoms with Crippen molar-refractivity contribution in [3.05, 3.63) is 63.2 Å². The van der Waals surface area contributed by atoms with Gasteiger partial charge in [0.1, 0.15) is 0 Å². The molecule has 3 heterocycles. The summed E-state index contributed by atoms with van der Waals surface area (Å²) in [6, 6.07) is 12.1. The molecular formula is C18H15BrN4OS. The maximum Gasteiger partial charge on any atom is 0.258 e. The van der Waals surface area contributed by atoms with Crippen LogP contribution in [0.1, 0.15) is 17.0 Å². The second-order valence-electron chi connectivity index (χ2n) is 5.74. The van der Waals surface area contributed by atoms with E-state index >= 15 is 0 Å². The topological polar surface area (TPSA) is 56.7 Å². The molecule has 4 rings (SSSR count). The summed E-state index contributed by atoms with van der Waals surface area (Å²) in [4.78, 5) is 5.51. The van der Waals surface area contributed by atoms with Crippen molar-refractivity contribution in [2.45, 2.75) is 20.4 Å². The Hall–Kier alpha value is -2.25. The largest absolute Gasteiger partial charge is 0.334 e. The maximum atomic E-state index is 5.44. The molecule has 0 spiro atoms. The Morgan fingerprint density at radius 2 is 2.08 bits per heavy atom. The Balaban J connectivity index is 1.62. The average Bonchev–Trinajstić information content (AvgIpc) is 3.34. The number of thiophene rings is 1. The third kappa shape index (κ3) is 3.17. The van der Waals surface area contributed by atoms with Crippen molar-refractivity contribution >= 4 is 27.3 Å². The summed E-state index contributed by atoms with van der Waals surface area (Å²) < 4.78 is 8.49. The van der Waals surface area contributed by atoms with Crippen LogP contribution in [0, 0.1) is 13.8 Å². The van der Waals surface area contributed by atoms with Crippen LogP contribution >= 0.6 is 27.3 Å². The minimum Gasteiger partial charge on any atom is -0.334 e. The number of aromatic nitrogens is 4. The molecule has 0 unspecified atom stereocenters. The van der Waals surface area contributed by atoms with Crippen LogP contribution in [0.3, 0.4) is 0 Å². The van der Waals surface area contributed by atoms with Crippen LogP contribution in [0.25, 0.3) is 22.2 Å². The van der Waals surface area contributed by atoms with Crippen LogP contribution in [0.2, 0.25) is 0 Å². The van der Waals surface area contributed by atoms with E-state index in [0.29, 0.717) is 18.3 Å². The normalized spacial score (nSPS) is 11.2. The number of nitrogens with zero attached hydrogens (tertiary/aromatic N) is 4. The first-order valence-corrected chi connectivity index (χ1v) is 9.45. The Morgan fingerprint density at radius 3 is 2.80 bits per heavy atom. The van der Waals surface area contributed by atoms with Gasteiger partial charge in [0.25, 0.3) is 5.89 Å². The lowest BCUT2D eigenvalue weighted by atomic mass is 10.1. The number of benzene rings is 1. The summed E-state index contributed by atoms with van der Waals surface area (Å²) in [5.74, 6) is 1.15. The molecule has 4 aromatic rings. The molecule has 5 nitrogen and oxygen atoms in total. The zero-order valence-corrected chi connectivity index (χ0v) is 16.1. The van der Waals surface area contributed by atoms with Gasteiger partial charge in [0, 0.05) is 5.56 Å². The first kappa shape index (κ1) is 16.2. The summed E-state index contributed by atoms with van der Waals surface area (Å²) >= 11 is 5.16. The van der Waals surface area contributed by atoms with E-state index in [4.69, 9.17) is 4.52 Å². The first-order valence-electron chi connectivity index (χ1n) is 7.78. The number of hydrogen-bond acceptors (Lipinski definition) is 5. The van der Waals surface area contributed by atoms with Gasteiger partial charge in [-0.05, 0) is 58.9 Å². The minimum atomic E-state index is 0.528. The third-order valence-corrected chi connectivity index (χ3v) is 5.98. The standard InChI is InChI=1S/C18H15BrN4OS/c1-11-16(19)12(2)23(21-11)10-13-5-3-6-14(9-13)18-20-17(22-24-18)15-7-4-8-25-15/h3-9H,10H2,1-2H3. The molecule has 0 aliphatic rings. The van der Waals surface area contributed by atoms with Gasteiger partial charge >= 0.3 is 0 Å². The molecule has 1 aromatic carbocycles. The number of rotatable bonds is 4. The van der Waals surface area contributed by atoms with Gasteiger partial charge in [-0.15, -0.1) is 11.3 Å². The fraction of sp³-hybridized carbons (Fsp3) is 0.167. The Morgan fingerprint density at radius 1 is 1.20 bits per heavy atom. The lowest BCUT2D eigenvalue weighted by molar-refractivity contribution is 0.432. The molecule has 0 atom stereocenters. The second-order valence-corrected chi connectivity index (χ2v) is 7.48. The highest BCUT2D eigenvalue weighted by atomic mass is 79.9. The predicted octanol–water partition coefficient (Wildman–Crippen LogP) is 5.09. The maximum absolute atomic E-state index is 5.44. The molecule has 126 valence electrons. The molecule has 0 saturated heterocycles. The van der Waals surface area contributed by atoms with E-state index in [9.17, 15) is 0 Å². The Labute approximate surface area is 157 Å². The van der Waals surface area contributed by atoms with Crippen LogP contribution < -0.4 is 0 Å². The zero-order chi connectivity index (χ0) is 17.4. The Bertz CT molecular complexity index is 1020. The molecule has 0 amide bonds. The van der Waals surface area contributed by atoms with Gasteiger partial charge in [0.15, 0.2) is 0 Å². The van der Waals surface area contributed by atoms with Gasteiger partial charge in [0.05, 0.1) is 27.3 Å². The van der Waals surface area contributed by atoms with Gasteiger partial charge in [-0.3, -0.25) is 4.68 Å². The molecule has 3 aromatic heterocycles. The van der Waals surface area contributed by atoms with E-state index in [1.165, 1.54) is 0 Å². The predicted molar refractivity (Wildman–Crippen MR) is 102 cm³/mol. The smallest absolute Gasteiger partial charge is 0.258 e. The second kappa shape index (κ2) is 6.57. The molecule has 0 fully saturated rings. The monoisotopic (exact) mass is 414 g/mol. The van der Waals surface area contributed by atoms with E-state index in [1.54, 1.807) is 11.3 Å². The van der Waals surface area contributed by atoms with Crippen molar-refractivity contribution in [2.75, 3.05) is 0 Å². The van der Waals surface area contributed by atoms with Crippen LogP contribution in [-0.4, -0.2) is 19.9 Å². The van der Waals surface area contributed by atoms with Crippen molar-refractivity contribution < 1.29 is 4.52 Å². The van der Waals surface area contributed by atoms with Gasteiger partial charge < -0.3 is 4.52 Å². The number of halogens is 1. The van der Waals surface area contributed by atoms with Crippen LogP contribution in [0.15, 0.2) is 50.8 Å². The van der Waals surface area contributed by atoms with Crippen molar-refractivity contribution in [1.29, 1.82) is 0 Å². The molecular weight excluding hydrogens is 400 g/mol. The first-order chi connectivity index (χ1) is 12.1. The summed E-state index contributed by atoms with van der Waals surface area (Å²) in [5, 5.41) is 10.6. The van der Waals surface area contributed by atoms with Crippen LogP contribution in [-0.2, 0) is 6.54 Å². The summed E-state index contributed by atoms with van der Waals surface area (Å²) in [6.45, 7) is 4.74. The van der Waals surface area contributed by atoms with Crippen LogP contribution in [0.5, 0.6) is 0 Å². The summed E-state index contributed by atoms with van der Waals surface area (Å²) in [5.41, 5.74) is 4.15. The SMILES string of the molecule is Cc1nn(Cc2cccc(-c3nc(-c4cccs4)no3)c2)c(C)c1Br. The van der Waals surface area contributed by atoms with E-state index in [1.807, 2.05) is 41.3 Å². The van der Waals surface area contributed by atoms with Crippen molar-refractivity contribution in [1.82, 2.24) is 19.9 Å². The number of aryl methyl sites for hydroxylation is 1. The van der Waals surface area contributed by atoms with Crippen LogP contribution in [0.4, 0.5) is 0 Å². The average molecular weight is 415 g/mol. The zero-order valence-electron chi connectivity index (χ0n) is 13.7. The molecule has 0 aliphatic heterocycles. The molecule has 7 heteroatoms. The summed E-state index contributed by atoms with van der Waals surface area (Å²) in [7, 11) is 0.